The third-order valence-electron chi connectivity index (χ3n) is 3.50. The highest BCUT2D eigenvalue weighted by Crippen LogP contribution is 2.30. The Labute approximate surface area is 114 Å². The highest BCUT2D eigenvalue weighted by molar-refractivity contribution is 5.72. The van der Waals surface area contributed by atoms with Crippen LogP contribution in [0.1, 0.15) is 32.8 Å². The van der Waals surface area contributed by atoms with Crippen LogP contribution >= 0.6 is 0 Å². The van der Waals surface area contributed by atoms with Crippen LogP contribution in [0.2, 0.25) is 0 Å². The number of halogens is 1. The van der Waals surface area contributed by atoms with Gasteiger partial charge < -0.3 is 4.74 Å². The Balaban J connectivity index is 2.28. The first-order valence-electron chi connectivity index (χ1n) is 6.97. The monoisotopic (exact) mass is 263 g/mol. The normalized spacial score (nSPS) is 16.6. The van der Waals surface area contributed by atoms with Crippen LogP contribution in [0.3, 0.4) is 0 Å². The first-order chi connectivity index (χ1) is 9.11. The molecule has 104 valence electrons. The maximum Gasteiger partial charge on any atom is 0.129 e. The molecule has 2 nitrogen and oxygen atoms in total. The third-order valence-corrected chi connectivity index (χ3v) is 3.50. The van der Waals surface area contributed by atoms with Gasteiger partial charge in [-0.15, -0.1) is 0 Å². The summed E-state index contributed by atoms with van der Waals surface area (Å²) in [7, 11) is 0. The van der Waals surface area contributed by atoms with E-state index in [-0.39, 0.29) is 5.82 Å². The van der Waals surface area contributed by atoms with E-state index < -0.39 is 0 Å². The zero-order valence-corrected chi connectivity index (χ0v) is 11.9. The van der Waals surface area contributed by atoms with E-state index in [2.05, 4.69) is 24.8 Å². The molecule has 1 aromatic rings. The van der Waals surface area contributed by atoms with Crippen LogP contribution in [0.4, 0.5) is 4.39 Å². The smallest absolute Gasteiger partial charge is 0.129 e. The molecule has 0 atom stereocenters. The summed E-state index contributed by atoms with van der Waals surface area (Å²) >= 11 is 0. The lowest BCUT2D eigenvalue weighted by Gasteiger charge is -2.31. The van der Waals surface area contributed by atoms with Crippen LogP contribution in [0.15, 0.2) is 24.3 Å². The molecule has 0 fully saturated rings. The van der Waals surface area contributed by atoms with Crippen LogP contribution in [0.5, 0.6) is 5.75 Å². The van der Waals surface area contributed by atoms with Crippen LogP contribution in [0, 0.1) is 5.82 Å². The van der Waals surface area contributed by atoms with Crippen molar-refractivity contribution in [2.24, 2.45) is 0 Å². The number of rotatable bonds is 4. The fourth-order valence-electron chi connectivity index (χ4n) is 2.44. The second kappa shape index (κ2) is 6.20. The molecule has 0 radical (unpaired) electrons. The molecule has 0 bridgehead atoms. The van der Waals surface area contributed by atoms with Gasteiger partial charge in [0, 0.05) is 30.8 Å². The van der Waals surface area contributed by atoms with Crippen LogP contribution in [-0.2, 0) is 0 Å². The van der Waals surface area contributed by atoms with Crippen molar-refractivity contribution in [3.8, 4) is 5.75 Å². The molecule has 0 saturated carbocycles. The molecule has 0 aromatic heterocycles. The van der Waals surface area contributed by atoms with Crippen LogP contribution in [-0.4, -0.2) is 30.6 Å². The second-order valence-electron chi connectivity index (χ2n) is 5.16. The topological polar surface area (TPSA) is 12.5 Å². The number of nitrogens with zero attached hydrogens (tertiary/aromatic N) is 1. The quantitative estimate of drug-likeness (QED) is 0.821. The van der Waals surface area contributed by atoms with Gasteiger partial charge in [-0.1, -0.05) is 6.08 Å². The van der Waals surface area contributed by atoms with Crippen molar-refractivity contribution in [2.75, 3.05) is 19.7 Å². The van der Waals surface area contributed by atoms with Crippen LogP contribution < -0.4 is 4.74 Å². The molecule has 0 spiro atoms. The van der Waals surface area contributed by atoms with Crippen molar-refractivity contribution in [1.82, 2.24) is 4.90 Å². The molecule has 1 aliphatic heterocycles. The van der Waals surface area contributed by atoms with Crippen LogP contribution in [0.25, 0.3) is 5.57 Å². The first-order valence-corrected chi connectivity index (χ1v) is 6.97. The maximum atomic E-state index is 13.3. The van der Waals surface area contributed by atoms with Gasteiger partial charge in [-0.05, 0) is 44.9 Å². The lowest BCUT2D eigenvalue weighted by atomic mass is 9.99. The molecule has 0 aliphatic carbocycles. The van der Waals surface area contributed by atoms with Crippen molar-refractivity contribution in [3.63, 3.8) is 0 Å². The molecule has 1 heterocycles. The molecule has 1 aromatic carbocycles. The van der Waals surface area contributed by atoms with Gasteiger partial charge in [0.15, 0.2) is 0 Å². The van der Waals surface area contributed by atoms with E-state index in [0.717, 1.165) is 25.1 Å². The molecule has 2 rings (SSSR count). The lowest BCUT2D eigenvalue weighted by molar-refractivity contribution is 0.247. The summed E-state index contributed by atoms with van der Waals surface area (Å²) in [5.41, 5.74) is 2.26. The summed E-state index contributed by atoms with van der Waals surface area (Å²) < 4.78 is 18.9. The molecule has 19 heavy (non-hydrogen) atoms. The maximum absolute atomic E-state index is 13.3. The molecule has 3 heteroatoms. The van der Waals surface area contributed by atoms with Gasteiger partial charge in [0.25, 0.3) is 0 Å². The summed E-state index contributed by atoms with van der Waals surface area (Å²) in [6, 6.07) is 5.34. The minimum atomic E-state index is -0.246. The Hall–Kier alpha value is -1.35. The molecule has 0 unspecified atom stereocenters. The van der Waals surface area contributed by atoms with Gasteiger partial charge in [-0.2, -0.15) is 0 Å². The summed E-state index contributed by atoms with van der Waals surface area (Å²) in [6.07, 6.45) is 3.28. The van der Waals surface area contributed by atoms with E-state index in [1.165, 1.54) is 17.7 Å². The average molecular weight is 263 g/mol. The summed E-state index contributed by atoms with van der Waals surface area (Å²) in [4.78, 5) is 2.43. The molecule has 0 N–H and O–H groups in total. The minimum absolute atomic E-state index is 0.246. The van der Waals surface area contributed by atoms with Crippen molar-refractivity contribution < 1.29 is 9.13 Å². The van der Waals surface area contributed by atoms with E-state index in [1.807, 2.05) is 13.0 Å². The fraction of sp³-hybridized carbons (Fsp3) is 0.500. The number of hydrogen-bond acceptors (Lipinski definition) is 2. The van der Waals surface area contributed by atoms with Gasteiger partial charge in [0.1, 0.15) is 11.6 Å². The second-order valence-corrected chi connectivity index (χ2v) is 5.16. The zero-order valence-electron chi connectivity index (χ0n) is 11.9. The van der Waals surface area contributed by atoms with Gasteiger partial charge >= 0.3 is 0 Å². The Morgan fingerprint density at radius 1 is 1.37 bits per heavy atom. The van der Waals surface area contributed by atoms with Crippen molar-refractivity contribution >= 4 is 5.57 Å². The van der Waals surface area contributed by atoms with E-state index in [1.54, 1.807) is 0 Å². The minimum Gasteiger partial charge on any atom is -0.493 e. The molecule has 1 aliphatic rings. The zero-order chi connectivity index (χ0) is 13.8. The Morgan fingerprint density at radius 2 is 2.16 bits per heavy atom. The number of hydrogen-bond donors (Lipinski definition) is 0. The van der Waals surface area contributed by atoms with E-state index >= 15 is 0 Å². The Bertz CT molecular complexity index is 468. The van der Waals surface area contributed by atoms with Crippen molar-refractivity contribution in [1.29, 1.82) is 0 Å². The number of benzene rings is 1. The molecule has 0 saturated heterocycles. The van der Waals surface area contributed by atoms with Gasteiger partial charge in [-0.25, -0.2) is 4.39 Å². The highest BCUT2D eigenvalue weighted by Gasteiger charge is 2.18. The standard InChI is InChI=1S/C16H22FNO/c1-4-19-16-10-14(17)7-8-15(16)13-6-5-9-18(11-13)12(2)3/h6-8,10,12H,4-5,9,11H2,1-3H3. The van der Waals surface area contributed by atoms with Crippen molar-refractivity contribution in [3.05, 3.63) is 35.7 Å². The Morgan fingerprint density at radius 3 is 2.84 bits per heavy atom. The highest BCUT2D eigenvalue weighted by atomic mass is 19.1. The first kappa shape index (κ1) is 14.1. The SMILES string of the molecule is CCOc1cc(F)ccc1C1=CCCN(C(C)C)C1. The van der Waals surface area contributed by atoms with Crippen molar-refractivity contribution in [2.45, 2.75) is 33.2 Å². The van der Waals surface area contributed by atoms with Gasteiger partial charge in [0.05, 0.1) is 6.61 Å². The summed E-state index contributed by atoms with van der Waals surface area (Å²) in [6.45, 7) is 8.88. The van der Waals surface area contributed by atoms with E-state index in [0.29, 0.717) is 18.4 Å². The number of ether oxygens (including phenoxy) is 1. The largest absolute Gasteiger partial charge is 0.493 e. The van der Waals surface area contributed by atoms with E-state index in [4.69, 9.17) is 4.74 Å². The van der Waals surface area contributed by atoms with Gasteiger partial charge in [0.2, 0.25) is 0 Å². The Kier molecular flexibility index (Phi) is 4.59. The predicted octanol–water partition coefficient (Wildman–Crippen LogP) is 3.72. The molecular formula is C16H22FNO. The van der Waals surface area contributed by atoms with Gasteiger partial charge in [-0.3, -0.25) is 4.90 Å². The molecular weight excluding hydrogens is 241 g/mol. The summed E-state index contributed by atoms with van der Waals surface area (Å²) in [5, 5.41) is 0. The fourth-order valence-corrected chi connectivity index (χ4v) is 2.44. The summed E-state index contributed by atoms with van der Waals surface area (Å²) in [5.74, 6) is 0.406. The molecule has 0 amide bonds. The average Bonchev–Trinajstić information content (AvgIpc) is 2.39. The predicted molar refractivity (Wildman–Crippen MR) is 76.9 cm³/mol. The van der Waals surface area contributed by atoms with E-state index in [9.17, 15) is 4.39 Å². The third kappa shape index (κ3) is 3.35. The lowest BCUT2D eigenvalue weighted by Crippen LogP contribution is -2.35.